The minimum absolute atomic E-state index is 0.109. The number of hydrogen-bond acceptors (Lipinski definition) is 3. The number of methoxy groups -OCH3 is 1. The number of carboxylic acid groups (broad SMARTS) is 2. The molecule has 0 atom stereocenters. The van der Waals surface area contributed by atoms with Crippen LogP contribution >= 0.6 is 0 Å². The first-order valence-corrected chi connectivity index (χ1v) is 5.65. The van der Waals surface area contributed by atoms with Crippen LogP contribution in [0.3, 0.4) is 0 Å². The second-order valence-corrected chi connectivity index (χ2v) is 3.90. The standard InChI is InChI=1S/C13H16O5/c1-18-8-3-2-5-9-6-4-7-10(12(14)15)11(9)13(16)17/h4,6-7H,2-3,5,8H2,1H3,(H,14,15)(H,16,17). The van der Waals surface area contributed by atoms with Crippen LogP contribution in [0.25, 0.3) is 0 Å². The summed E-state index contributed by atoms with van der Waals surface area (Å²) >= 11 is 0. The van der Waals surface area contributed by atoms with Crippen molar-refractivity contribution in [3.8, 4) is 0 Å². The summed E-state index contributed by atoms with van der Waals surface area (Å²) in [6, 6.07) is 4.54. The van der Waals surface area contributed by atoms with Crippen LogP contribution < -0.4 is 0 Å². The van der Waals surface area contributed by atoms with Gasteiger partial charge in [-0.2, -0.15) is 0 Å². The zero-order chi connectivity index (χ0) is 13.5. The van der Waals surface area contributed by atoms with E-state index in [9.17, 15) is 9.59 Å². The average Bonchev–Trinajstić information content (AvgIpc) is 2.33. The van der Waals surface area contributed by atoms with E-state index in [1.54, 1.807) is 19.2 Å². The summed E-state index contributed by atoms with van der Waals surface area (Å²) in [5.41, 5.74) is 0.285. The first kappa shape index (κ1) is 14.2. The van der Waals surface area contributed by atoms with Crippen molar-refractivity contribution in [1.29, 1.82) is 0 Å². The fraction of sp³-hybridized carbons (Fsp3) is 0.385. The van der Waals surface area contributed by atoms with Gasteiger partial charge in [0.25, 0.3) is 0 Å². The maximum absolute atomic E-state index is 11.1. The zero-order valence-electron chi connectivity index (χ0n) is 10.2. The highest BCUT2D eigenvalue weighted by Gasteiger charge is 2.19. The Morgan fingerprint density at radius 3 is 2.44 bits per heavy atom. The lowest BCUT2D eigenvalue weighted by molar-refractivity contribution is 0.0650. The van der Waals surface area contributed by atoms with E-state index in [0.717, 1.165) is 12.8 Å². The van der Waals surface area contributed by atoms with E-state index in [1.807, 2.05) is 0 Å². The van der Waals surface area contributed by atoms with Crippen LogP contribution in [0, 0.1) is 0 Å². The Balaban J connectivity index is 2.93. The predicted octanol–water partition coefficient (Wildman–Crippen LogP) is 2.05. The SMILES string of the molecule is COCCCCc1cccc(C(=O)O)c1C(=O)O. The molecule has 0 radical (unpaired) electrons. The van der Waals surface area contributed by atoms with Crippen molar-refractivity contribution >= 4 is 11.9 Å². The van der Waals surface area contributed by atoms with Crippen LogP contribution in [0.4, 0.5) is 0 Å². The lowest BCUT2D eigenvalue weighted by Crippen LogP contribution is -2.11. The summed E-state index contributed by atoms with van der Waals surface area (Å²) in [6.45, 7) is 0.612. The Labute approximate surface area is 105 Å². The molecule has 0 spiro atoms. The molecule has 0 bridgehead atoms. The van der Waals surface area contributed by atoms with Crippen LogP contribution in [-0.2, 0) is 11.2 Å². The van der Waals surface area contributed by atoms with Gasteiger partial charge in [-0.05, 0) is 30.9 Å². The van der Waals surface area contributed by atoms with Crippen LogP contribution in [0.1, 0.15) is 39.1 Å². The summed E-state index contributed by atoms with van der Waals surface area (Å²) < 4.78 is 4.91. The van der Waals surface area contributed by atoms with E-state index in [-0.39, 0.29) is 11.1 Å². The molecule has 0 saturated heterocycles. The highest BCUT2D eigenvalue weighted by molar-refractivity contribution is 6.02. The fourth-order valence-electron chi connectivity index (χ4n) is 1.80. The van der Waals surface area contributed by atoms with Gasteiger partial charge in [0.1, 0.15) is 0 Å². The Morgan fingerprint density at radius 2 is 1.89 bits per heavy atom. The third-order valence-corrected chi connectivity index (χ3v) is 2.64. The topological polar surface area (TPSA) is 83.8 Å². The molecule has 18 heavy (non-hydrogen) atoms. The zero-order valence-corrected chi connectivity index (χ0v) is 10.2. The molecule has 0 fully saturated rings. The monoisotopic (exact) mass is 252 g/mol. The summed E-state index contributed by atoms with van der Waals surface area (Å²) in [4.78, 5) is 22.1. The molecule has 98 valence electrons. The predicted molar refractivity (Wildman–Crippen MR) is 65.2 cm³/mol. The molecule has 5 heteroatoms. The molecule has 1 rings (SSSR count). The lowest BCUT2D eigenvalue weighted by Gasteiger charge is -2.08. The van der Waals surface area contributed by atoms with Crippen LogP contribution in [0.15, 0.2) is 18.2 Å². The highest BCUT2D eigenvalue weighted by atomic mass is 16.5. The minimum Gasteiger partial charge on any atom is -0.478 e. The van der Waals surface area contributed by atoms with E-state index in [2.05, 4.69) is 0 Å². The average molecular weight is 252 g/mol. The molecule has 0 heterocycles. The molecule has 0 unspecified atom stereocenters. The molecular formula is C13H16O5. The lowest BCUT2D eigenvalue weighted by atomic mass is 9.97. The van der Waals surface area contributed by atoms with Crippen LogP contribution in [0.2, 0.25) is 0 Å². The van der Waals surface area contributed by atoms with Gasteiger partial charge in [0.05, 0.1) is 11.1 Å². The van der Waals surface area contributed by atoms with E-state index in [4.69, 9.17) is 14.9 Å². The van der Waals surface area contributed by atoms with E-state index < -0.39 is 11.9 Å². The summed E-state index contributed by atoms with van der Waals surface area (Å²) in [5.74, 6) is -2.42. The number of aromatic carboxylic acids is 2. The van der Waals surface area contributed by atoms with Gasteiger partial charge in [0.2, 0.25) is 0 Å². The van der Waals surface area contributed by atoms with E-state index in [0.29, 0.717) is 18.6 Å². The largest absolute Gasteiger partial charge is 0.478 e. The second kappa shape index (κ2) is 6.76. The Bertz CT molecular complexity index is 439. The van der Waals surface area contributed by atoms with E-state index in [1.165, 1.54) is 6.07 Å². The molecule has 0 aromatic heterocycles. The number of carbonyl (C=O) groups is 2. The number of hydrogen-bond donors (Lipinski definition) is 2. The first-order chi connectivity index (χ1) is 8.57. The number of unbranched alkanes of at least 4 members (excludes halogenated alkanes) is 1. The summed E-state index contributed by atoms with van der Waals surface area (Å²) in [6.07, 6.45) is 2.11. The van der Waals surface area contributed by atoms with Crippen molar-refractivity contribution < 1.29 is 24.5 Å². The van der Waals surface area contributed by atoms with E-state index >= 15 is 0 Å². The van der Waals surface area contributed by atoms with Crippen molar-refractivity contribution in [2.24, 2.45) is 0 Å². The highest BCUT2D eigenvalue weighted by Crippen LogP contribution is 2.17. The van der Waals surface area contributed by atoms with Gasteiger partial charge in [-0.15, -0.1) is 0 Å². The van der Waals surface area contributed by atoms with Gasteiger partial charge in [-0.3, -0.25) is 0 Å². The van der Waals surface area contributed by atoms with Crippen molar-refractivity contribution in [3.63, 3.8) is 0 Å². The smallest absolute Gasteiger partial charge is 0.336 e. The van der Waals surface area contributed by atoms with Gasteiger partial charge >= 0.3 is 11.9 Å². The fourth-order valence-corrected chi connectivity index (χ4v) is 1.80. The normalized spacial score (nSPS) is 10.3. The molecule has 0 aliphatic carbocycles. The molecule has 5 nitrogen and oxygen atoms in total. The molecule has 0 amide bonds. The molecule has 0 aliphatic heterocycles. The molecule has 1 aromatic rings. The molecular weight excluding hydrogens is 236 g/mol. The molecule has 1 aromatic carbocycles. The Morgan fingerprint density at radius 1 is 1.17 bits per heavy atom. The number of carboxylic acids is 2. The van der Waals surface area contributed by atoms with Crippen molar-refractivity contribution in [2.45, 2.75) is 19.3 Å². The van der Waals surface area contributed by atoms with Crippen molar-refractivity contribution in [2.75, 3.05) is 13.7 Å². The number of rotatable bonds is 7. The van der Waals surface area contributed by atoms with Crippen molar-refractivity contribution in [1.82, 2.24) is 0 Å². The minimum atomic E-state index is -1.22. The quantitative estimate of drug-likeness (QED) is 0.725. The number of aryl methyl sites for hydroxylation is 1. The van der Waals surface area contributed by atoms with Crippen LogP contribution in [0.5, 0.6) is 0 Å². The number of benzene rings is 1. The maximum Gasteiger partial charge on any atom is 0.336 e. The summed E-state index contributed by atoms with van der Waals surface area (Å²) in [5, 5.41) is 18.1. The first-order valence-electron chi connectivity index (χ1n) is 5.65. The summed E-state index contributed by atoms with van der Waals surface area (Å²) in [7, 11) is 1.60. The third-order valence-electron chi connectivity index (χ3n) is 2.64. The van der Waals surface area contributed by atoms with Gasteiger partial charge in [0, 0.05) is 13.7 Å². The maximum atomic E-state index is 11.1. The number of ether oxygens (including phenoxy) is 1. The molecule has 0 aliphatic rings. The Kier molecular flexibility index (Phi) is 5.32. The van der Waals surface area contributed by atoms with Gasteiger partial charge in [-0.25, -0.2) is 9.59 Å². The molecule has 0 saturated carbocycles. The van der Waals surface area contributed by atoms with Gasteiger partial charge in [-0.1, -0.05) is 12.1 Å². The van der Waals surface area contributed by atoms with Gasteiger partial charge in [0.15, 0.2) is 0 Å². The second-order valence-electron chi connectivity index (χ2n) is 3.90. The Hall–Kier alpha value is -1.88. The van der Waals surface area contributed by atoms with Gasteiger partial charge < -0.3 is 14.9 Å². The van der Waals surface area contributed by atoms with Crippen LogP contribution in [-0.4, -0.2) is 35.9 Å². The molecule has 2 N–H and O–H groups in total. The van der Waals surface area contributed by atoms with Crippen molar-refractivity contribution in [3.05, 3.63) is 34.9 Å². The third kappa shape index (κ3) is 3.56.